The lowest BCUT2D eigenvalue weighted by molar-refractivity contribution is 0.145. The summed E-state index contributed by atoms with van der Waals surface area (Å²) in [4.78, 5) is 24.9. The molecule has 5 aromatic rings. The smallest absolute Gasteiger partial charge is 0.264 e. The van der Waals surface area contributed by atoms with Crippen LogP contribution in [0.15, 0.2) is 39.0 Å². The van der Waals surface area contributed by atoms with Gasteiger partial charge in [-0.2, -0.15) is 23.5 Å². The first-order valence-corrected chi connectivity index (χ1v) is 17.6. The van der Waals surface area contributed by atoms with Gasteiger partial charge in [-0.3, -0.25) is 13.8 Å². The van der Waals surface area contributed by atoms with Gasteiger partial charge in [-0.15, -0.1) is 24.4 Å². The molecule has 1 N–H and O–H groups in total. The number of aromatic nitrogens is 4. The molecule has 2 unspecified atom stereocenters. The van der Waals surface area contributed by atoms with Crippen molar-refractivity contribution >= 4 is 81.2 Å². The van der Waals surface area contributed by atoms with E-state index in [0.717, 1.165) is 97.3 Å². The normalized spacial score (nSPS) is 18.4. The molecule has 0 radical (unpaired) electrons. The molecular weight excluding hydrogens is 577 g/mol. The number of fused-ring (bicyclic) bond motifs is 6. The van der Waals surface area contributed by atoms with Crippen LogP contribution in [-0.2, 0) is 6.42 Å². The fourth-order valence-electron chi connectivity index (χ4n) is 6.28. The highest BCUT2D eigenvalue weighted by Crippen LogP contribution is 2.49. The molecule has 0 saturated carbocycles. The minimum absolute atomic E-state index is 0.0959. The van der Waals surface area contributed by atoms with Gasteiger partial charge in [0.1, 0.15) is 16.5 Å². The molecule has 0 amide bonds. The largest absolute Gasteiger partial charge is 0.369 e. The van der Waals surface area contributed by atoms with Gasteiger partial charge in [0.2, 0.25) is 0 Å². The lowest BCUT2D eigenvalue weighted by Crippen LogP contribution is -2.21. The Morgan fingerprint density at radius 3 is 2.75 bits per heavy atom. The quantitative estimate of drug-likeness (QED) is 0.151. The first-order valence-electron chi connectivity index (χ1n) is 13.5. The topological polar surface area (TPSA) is 72.4 Å². The van der Waals surface area contributed by atoms with Crippen molar-refractivity contribution in [1.82, 2.24) is 18.9 Å². The fraction of sp³-hybridized carbons (Fsp3) is 0.367. The Hall–Kier alpha value is -2.11. The van der Waals surface area contributed by atoms with E-state index in [-0.39, 0.29) is 5.56 Å². The minimum atomic E-state index is -0.840. The lowest BCUT2D eigenvalue weighted by Gasteiger charge is -2.27. The predicted molar refractivity (Wildman–Crippen MR) is 175 cm³/mol. The maximum absolute atomic E-state index is 14.0. The van der Waals surface area contributed by atoms with E-state index in [9.17, 15) is 9.90 Å². The van der Waals surface area contributed by atoms with Crippen molar-refractivity contribution in [2.45, 2.75) is 49.1 Å². The fourth-order valence-corrected chi connectivity index (χ4v) is 8.91. The van der Waals surface area contributed by atoms with Gasteiger partial charge in [-0.1, -0.05) is 6.07 Å². The van der Waals surface area contributed by atoms with Gasteiger partial charge in [0.05, 0.1) is 17.1 Å². The summed E-state index contributed by atoms with van der Waals surface area (Å²) in [5.41, 5.74) is 5.04. The van der Waals surface area contributed by atoms with Gasteiger partial charge >= 0.3 is 0 Å². The maximum atomic E-state index is 14.0. The number of thiol groups is 1. The van der Waals surface area contributed by atoms with Crippen molar-refractivity contribution in [1.29, 1.82) is 0 Å². The molecule has 2 atom stereocenters. The van der Waals surface area contributed by atoms with Gasteiger partial charge in [0.15, 0.2) is 6.23 Å². The first kappa shape index (κ1) is 26.8. The molecule has 7 rings (SSSR count). The summed E-state index contributed by atoms with van der Waals surface area (Å²) < 4.78 is 3.75. The van der Waals surface area contributed by atoms with Crippen molar-refractivity contribution in [2.24, 2.45) is 0 Å². The average Bonchev–Trinajstić information content (AvgIpc) is 3.60. The first-order chi connectivity index (χ1) is 19.4. The third-order valence-electron chi connectivity index (χ3n) is 8.13. The summed E-state index contributed by atoms with van der Waals surface area (Å²) in [5.74, 6) is 2.99. The van der Waals surface area contributed by atoms with Crippen LogP contribution in [0, 0.1) is 6.92 Å². The second-order valence-electron chi connectivity index (χ2n) is 10.5. The van der Waals surface area contributed by atoms with Crippen LogP contribution in [0.2, 0.25) is 0 Å². The van der Waals surface area contributed by atoms with Gasteiger partial charge in [0, 0.05) is 44.3 Å². The Morgan fingerprint density at radius 2 is 1.95 bits per heavy atom. The monoisotopic (exact) mass is 606 g/mol. The molecular formula is C30H30N4O2S4. The third kappa shape index (κ3) is 3.97. The second kappa shape index (κ2) is 10.3. The molecule has 5 heterocycles. The highest BCUT2D eigenvalue weighted by atomic mass is 32.2. The maximum Gasteiger partial charge on any atom is 0.264 e. The van der Waals surface area contributed by atoms with E-state index in [1.54, 1.807) is 4.40 Å². The third-order valence-corrected chi connectivity index (χ3v) is 11.1. The molecule has 6 nitrogen and oxygen atoms in total. The molecule has 0 fully saturated rings. The van der Waals surface area contributed by atoms with Crippen LogP contribution in [-0.4, -0.2) is 53.3 Å². The molecule has 40 heavy (non-hydrogen) atoms. The van der Waals surface area contributed by atoms with E-state index < -0.39 is 6.23 Å². The van der Waals surface area contributed by atoms with Crippen molar-refractivity contribution in [2.75, 3.05) is 24.0 Å². The Balaban J connectivity index is 1.41. The zero-order valence-corrected chi connectivity index (χ0v) is 25.9. The highest BCUT2D eigenvalue weighted by molar-refractivity contribution is 8.00. The number of hydrogen-bond acceptors (Lipinski definition) is 8. The Bertz CT molecular complexity index is 1890. The lowest BCUT2D eigenvalue weighted by atomic mass is 9.90. The predicted octanol–water partition coefficient (Wildman–Crippen LogP) is 6.65. The van der Waals surface area contributed by atoms with E-state index in [4.69, 9.17) is 22.6 Å². The minimum Gasteiger partial charge on any atom is -0.369 e. The average molecular weight is 607 g/mol. The van der Waals surface area contributed by atoms with Gasteiger partial charge in [-0.25, -0.2) is 9.97 Å². The molecule has 3 aromatic heterocycles. The second-order valence-corrected chi connectivity index (χ2v) is 14.4. The number of pyridine rings is 1. The molecule has 0 aliphatic carbocycles. The molecule has 2 aromatic carbocycles. The van der Waals surface area contributed by atoms with E-state index >= 15 is 0 Å². The molecule has 10 heteroatoms. The highest BCUT2D eigenvalue weighted by Gasteiger charge is 2.36. The summed E-state index contributed by atoms with van der Waals surface area (Å²) in [6.07, 6.45) is 9.34. The SMILES string of the molecule is CSCCC/C(S)=C/c1c(C)nc2c3ccc4c5c(ccc(c(=O)n12)c53)C(O)n1c-4nc2c1CC(CCSC)S2. The number of aliphatic hydroxyl groups excluding tert-OH is 1. The Kier molecular flexibility index (Phi) is 6.90. The number of rotatable bonds is 8. The number of imidazole rings is 2. The molecule has 2 aliphatic rings. The Morgan fingerprint density at radius 1 is 1.15 bits per heavy atom. The zero-order chi connectivity index (χ0) is 27.7. The van der Waals surface area contributed by atoms with E-state index in [0.29, 0.717) is 16.3 Å². The van der Waals surface area contributed by atoms with Crippen LogP contribution >= 0.6 is 47.9 Å². The zero-order valence-electron chi connectivity index (χ0n) is 22.6. The summed E-state index contributed by atoms with van der Waals surface area (Å²) in [7, 11) is 0. The number of thioether (sulfide) groups is 3. The van der Waals surface area contributed by atoms with Crippen LogP contribution in [0.5, 0.6) is 0 Å². The summed E-state index contributed by atoms with van der Waals surface area (Å²) >= 11 is 10.2. The van der Waals surface area contributed by atoms with Crippen LogP contribution in [0.4, 0.5) is 0 Å². The Labute approximate surface area is 250 Å². The standard InChI is InChI=1S/C30H30N4O2S4/c1-15-22(13-16(37)5-4-11-38-2)33-26(31-15)18-6-7-19-25-21(9-8-20(24(18)25)29(33)35)30(36)34-23-14-17(10-12-39-3)40-28(23)32-27(19)34/h6-9,13,17,30,36-37H,4-5,10-12,14H2,1-3H3/b16-13-. The number of aliphatic hydroxyl groups is 1. The number of nitrogens with zero attached hydrogens (tertiary/aromatic N) is 4. The van der Waals surface area contributed by atoms with Crippen LogP contribution < -0.4 is 5.56 Å². The molecule has 0 spiro atoms. The van der Waals surface area contributed by atoms with Crippen molar-refractivity contribution in [3.05, 3.63) is 62.2 Å². The van der Waals surface area contributed by atoms with Crippen LogP contribution in [0.3, 0.4) is 0 Å². The number of allylic oxidation sites excluding steroid dienone is 1. The number of aryl methyl sites for hydroxylation is 1. The molecule has 0 bridgehead atoms. The number of hydrogen-bond donors (Lipinski definition) is 2. The molecule has 206 valence electrons. The van der Waals surface area contributed by atoms with Crippen LogP contribution in [0.1, 0.15) is 48.1 Å². The van der Waals surface area contributed by atoms with Gasteiger partial charge in [-0.05, 0) is 79.4 Å². The summed E-state index contributed by atoms with van der Waals surface area (Å²) in [5, 5.41) is 16.5. The molecule has 0 saturated heterocycles. The van der Waals surface area contributed by atoms with Crippen molar-refractivity contribution < 1.29 is 5.11 Å². The van der Waals surface area contributed by atoms with E-state index in [1.165, 1.54) is 0 Å². The van der Waals surface area contributed by atoms with Crippen molar-refractivity contribution in [3.8, 4) is 11.4 Å². The van der Waals surface area contributed by atoms with Gasteiger partial charge in [0.25, 0.3) is 5.56 Å². The summed E-state index contributed by atoms with van der Waals surface area (Å²) in [6.45, 7) is 1.95. The van der Waals surface area contributed by atoms with E-state index in [2.05, 4.69) is 24.6 Å². The molecule has 2 aliphatic heterocycles. The van der Waals surface area contributed by atoms with Gasteiger partial charge < -0.3 is 5.11 Å². The van der Waals surface area contributed by atoms with Crippen LogP contribution in [0.25, 0.3) is 44.7 Å². The summed E-state index contributed by atoms with van der Waals surface area (Å²) in [6, 6.07) is 7.96. The van der Waals surface area contributed by atoms with Crippen molar-refractivity contribution in [3.63, 3.8) is 0 Å². The van der Waals surface area contributed by atoms with E-state index in [1.807, 2.05) is 65.0 Å². The number of benzene rings is 2.